The number of benzene rings is 1. The SMILES string of the molecule is CC(C)Cn1nc(C(=O)NCCN2CCN(c3ncccn3)CC2)c2ccccc2c1=O. The first-order valence-electron chi connectivity index (χ1n) is 11.1. The van der Waals surface area contributed by atoms with Gasteiger partial charge in [-0.25, -0.2) is 14.6 Å². The summed E-state index contributed by atoms with van der Waals surface area (Å²) in [6.07, 6.45) is 3.51. The summed E-state index contributed by atoms with van der Waals surface area (Å²) in [5.74, 6) is 0.752. The number of aromatic nitrogens is 4. The van der Waals surface area contributed by atoms with E-state index in [9.17, 15) is 9.59 Å². The summed E-state index contributed by atoms with van der Waals surface area (Å²) in [4.78, 5) is 38.8. The van der Waals surface area contributed by atoms with Gasteiger partial charge in [0.2, 0.25) is 5.95 Å². The second-order valence-corrected chi connectivity index (χ2v) is 8.41. The van der Waals surface area contributed by atoms with Gasteiger partial charge < -0.3 is 10.2 Å². The molecule has 0 spiro atoms. The molecule has 1 aliphatic rings. The summed E-state index contributed by atoms with van der Waals surface area (Å²) in [5.41, 5.74) is 0.137. The van der Waals surface area contributed by atoms with E-state index in [1.807, 2.05) is 32.0 Å². The second kappa shape index (κ2) is 9.86. The number of carbonyl (C=O) groups excluding carboxylic acids is 1. The molecule has 0 radical (unpaired) electrons. The van der Waals surface area contributed by atoms with Gasteiger partial charge in [0.25, 0.3) is 11.5 Å². The van der Waals surface area contributed by atoms with Crippen molar-refractivity contribution in [2.45, 2.75) is 20.4 Å². The van der Waals surface area contributed by atoms with Crippen molar-refractivity contribution < 1.29 is 4.79 Å². The van der Waals surface area contributed by atoms with Crippen molar-refractivity contribution in [2.24, 2.45) is 5.92 Å². The van der Waals surface area contributed by atoms with E-state index in [4.69, 9.17) is 0 Å². The maximum atomic E-state index is 13.0. The third-order valence-electron chi connectivity index (χ3n) is 5.54. The second-order valence-electron chi connectivity index (χ2n) is 8.41. The molecule has 0 aliphatic carbocycles. The van der Waals surface area contributed by atoms with Crippen LogP contribution in [-0.2, 0) is 6.54 Å². The summed E-state index contributed by atoms with van der Waals surface area (Å²) < 4.78 is 1.41. The molecule has 32 heavy (non-hydrogen) atoms. The quantitative estimate of drug-likeness (QED) is 0.599. The van der Waals surface area contributed by atoms with E-state index in [-0.39, 0.29) is 17.4 Å². The summed E-state index contributed by atoms with van der Waals surface area (Å²) in [6, 6.07) is 8.98. The fourth-order valence-electron chi connectivity index (χ4n) is 3.91. The maximum Gasteiger partial charge on any atom is 0.274 e. The number of anilines is 1. The van der Waals surface area contributed by atoms with Crippen LogP contribution in [0.5, 0.6) is 0 Å². The fraction of sp³-hybridized carbons (Fsp3) is 0.435. The molecule has 1 aromatic carbocycles. The van der Waals surface area contributed by atoms with Gasteiger partial charge in [-0.3, -0.25) is 14.5 Å². The lowest BCUT2D eigenvalue weighted by Gasteiger charge is -2.34. The van der Waals surface area contributed by atoms with Crippen molar-refractivity contribution in [2.75, 3.05) is 44.2 Å². The van der Waals surface area contributed by atoms with Crippen LogP contribution >= 0.6 is 0 Å². The van der Waals surface area contributed by atoms with Gasteiger partial charge in [-0.1, -0.05) is 32.0 Å². The average molecular weight is 436 g/mol. The lowest BCUT2D eigenvalue weighted by Crippen LogP contribution is -2.49. The number of carbonyl (C=O) groups is 1. The van der Waals surface area contributed by atoms with Gasteiger partial charge in [-0.2, -0.15) is 5.10 Å². The van der Waals surface area contributed by atoms with Crippen molar-refractivity contribution in [1.29, 1.82) is 0 Å². The Kier molecular flexibility index (Phi) is 6.75. The van der Waals surface area contributed by atoms with Gasteiger partial charge >= 0.3 is 0 Å². The molecule has 0 bridgehead atoms. The number of nitrogens with one attached hydrogen (secondary N) is 1. The van der Waals surface area contributed by atoms with Gasteiger partial charge in [0.1, 0.15) is 0 Å². The number of rotatable bonds is 7. The first-order valence-corrected chi connectivity index (χ1v) is 11.1. The molecule has 168 valence electrons. The van der Waals surface area contributed by atoms with E-state index in [1.54, 1.807) is 24.5 Å². The number of amides is 1. The Balaban J connectivity index is 1.37. The predicted octanol–water partition coefficient (Wildman–Crippen LogP) is 1.39. The van der Waals surface area contributed by atoms with Crippen LogP contribution in [0, 0.1) is 5.92 Å². The Hall–Kier alpha value is -3.33. The number of piperazine rings is 1. The van der Waals surface area contributed by atoms with Gasteiger partial charge in [-0.05, 0) is 18.1 Å². The lowest BCUT2D eigenvalue weighted by atomic mass is 10.1. The third-order valence-corrected chi connectivity index (χ3v) is 5.54. The monoisotopic (exact) mass is 435 g/mol. The van der Waals surface area contributed by atoms with E-state index < -0.39 is 0 Å². The fourth-order valence-corrected chi connectivity index (χ4v) is 3.91. The number of hydrogen-bond acceptors (Lipinski definition) is 7. The molecule has 9 heteroatoms. The molecule has 1 fully saturated rings. The Morgan fingerprint density at radius 1 is 1.03 bits per heavy atom. The Labute approximate surface area is 187 Å². The van der Waals surface area contributed by atoms with Crippen molar-refractivity contribution in [3.63, 3.8) is 0 Å². The van der Waals surface area contributed by atoms with Crippen LogP contribution in [0.15, 0.2) is 47.5 Å². The zero-order valence-electron chi connectivity index (χ0n) is 18.6. The topological polar surface area (TPSA) is 96.2 Å². The summed E-state index contributed by atoms with van der Waals surface area (Å²) in [6.45, 7) is 9.25. The van der Waals surface area contributed by atoms with Crippen LogP contribution in [0.2, 0.25) is 0 Å². The Morgan fingerprint density at radius 2 is 1.72 bits per heavy atom. The van der Waals surface area contributed by atoms with Gasteiger partial charge in [-0.15, -0.1) is 0 Å². The zero-order chi connectivity index (χ0) is 22.5. The summed E-state index contributed by atoms with van der Waals surface area (Å²) in [5, 5.41) is 8.50. The van der Waals surface area contributed by atoms with Crippen molar-refractivity contribution in [3.8, 4) is 0 Å². The molecule has 1 aliphatic heterocycles. The van der Waals surface area contributed by atoms with Crippen LogP contribution < -0.4 is 15.8 Å². The maximum absolute atomic E-state index is 13.0. The molecule has 0 saturated carbocycles. The van der Waals surface area contributed by atoms with Crippen molar-refractivity contribution in [3.05, 3.63) is 58.8 Å². The first kappa shape index (κ1) is 21.9. The third kappa shape index (κ3) is 4.94. The van der Waals surface area contributed by atoms with Gasteiger partial charge in [0, 0.05) is 63.6 Å². The van der Waals surface area contributed by atoms with Crippen molar-refractivity contribution >= 4 is 22.6 Å². The summed E-state index contributed by atoms with van der Waals surface area (Å²) >= 11 is 0. The molecule has 1 saturated heterocycles. The molecule has 1 N–H and O–H groups in total. The molecule has 9 nitrogen and oxygen atoms in total. The van der Waals surface area contributed by atoms with Crippen molar-refractivity contribution in [1.82, 2.24) is 30.0 Å². The molecule has 3 aromatic rings. The number of fused-ring (bicyclic) bond motifs is 1. The normalized spacial score (nSPS) is 14.8. The molecule has 4 rings (SSSR count). The van der Waals surface area contributed by atoms with E-state index in [0.717, 1.165) is 38.7 Å². The van der Waals surface area contributed by atoms with Crippen LogP contribution in [0.1, 0.15) is 24.3 Å². The van der Waals surface area contributed by atoms with E-state index in [1.165, 1.54) is 4.68 Å². The smallest absolute Gasteiger partial charge is 0.274 e. The van der Waals surface area contributed by atoms with Gasteiger partial charge in [0.15, 0.2) is 5.69 Å². The molecular formula is C23H29N7O2. The van der Waals surface area contributed by atoms with Crippen LogP contribution in [0.3, 0.4) is 0 Å². The molecular weight excluding hydrogens is 406 g/mol. The molecule has 3 heterocycles. The summed E-state index contributed by atoms with van der Waals surface area (Å²) in [7, 11) is 0. The minimum atomic E-state index is -0.255. The molecule has 1 amide bonds. The zero-order valence-corrected chi connectivity index (χ0v) is 18.6. The Morgan fingerprint density at radius 3 is 2.41 bits per heavy atom. The molecule has 2 aromatic heterocycles. The predicted molar refractivity (Wildman–Crippen MR) is 124 cm³/mol. The first-order chi connectivity index (χ1) is 15.5. The average Bonchev–Trinajstić information content (AvgIpc) is 2.81. The minimum Gasteiger partial charge on any atom is -0.349 e. The minimum absolute atomic E-state index is 0.161. The van der Waals surface area contributed by atoms with Crippen LogP contribution in [0.25, 0.3) is 10.8 Å². The lowest BCUT2D eigenvalue weighted by molar-refractivity contribution is 0.0942. The molecule has 0 atom stereocenters. The highest BCUT2D eigenvalue weighted by Gasteiger charge is 2.20. The number of hydrogen-bond donors (Lipinski definition) is 1. The Bertz CT molecular complexity index is 1120. The number of nitrogens with zero attached hydrogens (tertiary/aromatic N) is 6. The highest BCUT2D eigenvalue weighted by atomic mass is 16.2. The van der Waals surface area contributed by atoms with E-state index in [0.29, 0.717) is 29.6 Å². The largest absolute Gasteiger partial charge is 0.349 e. The molecule has 0 unspecified atom stereocenters. The highest BCUT2D eigenvalue weighted by Crippen LogP contribution is 2.14. The standard InChI is InChI=1S/C23H29N7O2/c1-17(2)16-30-22(32)19-7-4-3-6-18(19)20(27-30)21(31)24-10-11-28-12-14-29(15-13-28)23-25-8-5-9-26-23/h3-9,17H,10-16H2,1-2H3,(H,24,31). The van der Waals surface area contributed by atoms with E-state index >= 15 is 0 Å². The van der Waals surface area contributed by atoms with Crippen LogP contribution in [-0.4, -0.2) is 69.8 Å². The highest BCUT2D eigenvalue weighted by molar-refractivity contribution is 6.04. The van der Waals surface area contributed by atoms with Gasteiger partial charge in [0.05, 0.1) is 5.39 Å². The van der Waals surface area contributed by atoms with Crippen LogP contribution in [0.4, 0.5) is 5.95 Å². The van der Waals surface area contributed by atoms with E-state index in [2.05, 4.69) is 30.2 Å².